The minimum absolute atomic E-state index is 0.563. The Hall–Kier alpha value is -1.75. The molecule has 0 bridgehead atoms. The molecule has 0 unspecified atom stereocenters. The predicted octanol–water partition coefficient (Wildman–Crippen LogP) is 1.61. The SMILES string of the molecule is CNCCc1nnnn1Cc1ccc(C(C)C)cc1. The van der Waals surface area contributed by atoms with Crippen molar-refractivity contribution in [1.82, 2.24) is 25.5 Å². The van der Waals surface area contributed by atoms with Crippen LogP contribution in [-0.2, 0) is 13.0 Å². The highest BCUT2D eigenvalue weighted by atomic mass is 15.5. The number of aromatic nitrogens is 4. The van der Waals surface area contributed by atoms with Crippen molar-refractivity contribution in [3.63, 3.8) is 0 Å². The van der Waals surface area contributed by atoms with Gasteiger partial charge in [0.05, 0.1) is 6.54 Å². The molecule has 0 saturated carbocycles. The van der Waals surface area contributed by atoms with E-state index in [1.54, 1.807) is 0 Å². The predicted molar refractivity (Wildman–Crippen MR) is 75.1 cm³/mol. The largest absolute Gasteiger partial charge is 0.319 e. The third-order valence-corrected chi connectivity index (χ3v) is 3.18. The Kier molecular flexibility index (Phi) is 4.63. The number of likely N-dealkylation sites (N-methyl/N-ethyl adjacent to an activating group) is 1. The van der Waals surface area contributed by atoms with Gasteiger partial charge in [-0.3, -0.25) is 0 Å². The Labute approximate surface area is 114 Å². The molecule has 0 atom stereocenters. The molecular weight excluding hydrogens is 238 g/mol. The maximum atomic E-state index is 4.06. The Morgan fingerprint density at radius 2 is 1.95 bits per heavy atom. The highest BCUT2D eigenvalue weighted by Gasteiger charge is 2.06. The normalized spacial score (nSPS) is 11.2. The van der Waals surface area contributed by atoms with Crippen LogP contribution in [0.25, 0.3) is 0 Å². The van der Waals surface area contributed by atoms with Gasteiger partial charge in [0.1, 0.15) is 0 Å². The summed E-state index contributed by atoms with van der Waals surface area (Å²) in [4.78, 5) is 0. The number of rotatable bonds is 6. The van der Waals surface area contributed by atoms with E-state index < -0.39 is 0 Å². The molecule has 1 aromatic carbocycles. The van der Waals surface area contributed by atoms with Crippen molar-refractivity contribution >= 4 is 0 Å². The minimum atomic E-state index is 0.563. The summed E-state index contributed by atoms with van der Waals surface area (Å²) in [6.45, 7) is 6.01. The molecular formula is C14H21N5. The van der Waals surface area contributed by atoms with E-state index >= 15 is 0 Å². The lowest BCUT2D eigenvalue weighted by Crippen LogP contribution is -2.15. The maximum Gasteiger partial charge on any atom is 0.152 e. The lowest BCUT2D eigenvalue weighted by Gasteiger charge is -2.08. The summed E-state index contributed by atoms with van der Waals surface area (Å²) in [7, 11) is 1.93. The van der Waals surface area contributed by atoms with Crippen LogP contribution in [0, 0.1) is 0 Å². The molecule has 1 aromatic heterocycles. The molecule has 0 fully saturated rings. The Morgan fingerprint density at radius 1 is 1.21 bits per heavy atom. The van der Waals surface area contributed by atoms with Crippen molar-refractivity contribution in [2.75, 3.05) is 13.6 Å². The molecule has 0 radical (unpaired) electrons. The molecule has 102 valence electrons. The van der Waals surface area contributed by atoms with Gasteiger partial charge in [0.2, 0.25) is 0 Å². The quantitative estimate of drug-likeness (QED) is 0.856. The second-order valence-electron chi connectivity index (χ2n) is 5.00. The molecule has 19 heavy (non-hydrogen) atoms. The zero-order chi connectivity index (χ0) is 13.7. The number of hydrogen-bond acceptors (Lipinski definition) is 4. The number of benzene rings is 1. The lowest BCUT2D eigenvalue weighted by molar-refractivity contribution is 0.608. The molecule has 2 aromatic rings. The van der Waals surface area contributed by atoms with E-state index in [0.717, 1.165) is 25.3 Å². The van der Waals surface area contributed by atoms with E-state index in [-0.39, 0.29) is 0 Å². The van der Waals surface area contributed by atoms with Gasteiger partial charge in [-0.15, -0.1) is 5.10 Å². The van der Waals surface area contributed by atoms with Crippen LogP contribution in [0.3, 0.4) is 0 Å². The van der Waals surface area contributed by atoms with Crippen molar-refractivity contribution < 1.29 is 0 Å². The second kappa shape index (κ2) is 6.43. The minimum Gasteiger partial charge on any atom is -0.319 e. The first-order valence-corrected chi connectivity index (χ1v) is 6.69. The summed E-state index contributed by atoms with van der Waals surface area (Å²) in [5.41, 5.74) is 2.58. The molecule has 0 saturated heterocycles. The molecule has 0 spiro atoms. The lowest BCUT2D eigenvalue weighted by atomic mass is 10.0. The fraction of sp³-hybridized carbons (Fsp3) is 0.500. The summed E-state index contributed by atoms with van der Waals surface area (Å²) in [5, 5.41) is 15.0. The smallest absolute Gasteiger partial charge is 0.152 e. The van der Waals surface area contributed by atoms with Crippen molar-refractivity contribution in [3.05, 3.63) is 41.2 Å². The van der Waals surface area contributed by atoms with E-state index in [0.29, 0.717) is 5.92 Å². The van der Waals surface area contributed by atoms with Crippen molar-refractivity contribution in [3.8, 4) is 0 Å². The fourth-order valence-electron chi connectivity index (χ4n) is 1.94. The highest BCUT2D eigenvalue weighted by molar-refractivity contribution is 5.24. The molecule has 1 heterocycles. The summed E-state index contributed by atoms with van der Waals surface area (Å²) >= 11 is 0. The van der Waals surface area contributed by atoms with E-state index in [1.807, 2.05) is 11.7 Å². The molecule has 2 rings (SSSR count). The highest BCUT2D eigenvalue weighted by Crippen LogP contribution is 2.15. The van der Waals surface area contributed by atoms with Gasteiger partial charge in [0.25, 0.3) is 0 Å². The van der Waals surface area contributed by atoms with Crippen LogP contribution in [0.15, 0.2) is 24.3 Å². The topological polar surface area (TPSA) is 55.6 Å². The zero-order valence-corrected chi connectivity index (χ0v) is 11.8. The second-order valence-corrected chi connectivity index (χ2v) is 5.00. The summed E-state index contributed by atoms with van der Waals surface area (Å²) in [5.74, 6) is 1.48. The van der Waals surface area contributed by atoms with Crippen molar-refractivity contribution in [1.29, 1.82) is 0 Å². The van der Waals surface area contributed by atoms with Crippen LogP contribution in [-0.4, -0.2) is 33.8 Å². The van der Waals surface area contributed by atoms with Gasteiger partial charge >= 0.3 is 0 Å². The van der Waals surface area contributed by atoms with Crippen LogP contribution in [0.2, 0.25) is 0 Å². The van der Waals surface area contributed by atoms with Gasteiger partial charge in [0.15, 0.2) is 5.82 Å². The van der Waals surface area contributed by atoms with Gasteiger partial charge in [0, 0.05) is 13.0 Å². The van der Waals surface area contributed by atoms with E-state index in [4.69, 9.17) is 0 Å². The third-order valence-electron chi connectivity index (χ3n) is 3.18. The van der Waals surface area contributed by atoms with E-state index in [2.05, 4.69) is 59.0 Å². The number of nitrogens with one attached hydrogen (secondary N) is 1. The molecule has 0 aliphatic rings. The Balaban J connectivity index is 2.06. The van der Waals surface area contributed by atoms with Crippen LogP contribution in [0.4, 0.5) is 0 Å². The van der Waals surface area contributed by atoms with Crippen LogP contribution >= 0.6 is 0 Å². The fourth-order valence-corrected chi connectivity index (χ4v) is 1.94. The monoisotopic (exact) mass is 259 g/mol. The molecule has 5 nitrogen and oxygen atoms in total. The van der Waals surface area contributed by atoms with E-state index in [1.165, 1.54) is 11.1 Å². The summed E-state index contributed by atoms with van der Waals surface area (Å²) in [6, 6.07) is 8.66. The summed E-state index contributed by atoms with van der Waals surface area (Å²) < 4.78 is 1.86. The molecule has 1 N–H and O–H groups in total. The maximum absolute atomic E-state index is 4.06. The number of tetrazole rings is 1. The number of hydrogen-bond donors (Lipinski definition) is 1. The Morgan fingerprint density at radius 3 is 2.58 bits per heavy atom. The standard InChI is InChI=1S/C14H21N5/c1-11(2)13-6-4-12(5-7-13)10-19-14(8-9-15-3)16-17-18-19/h4-7,11,15H,8-10H2,1-3H3. The first-order valence-electron chi connectivity index (χ1n) is 6.69. The van der Waals surface area contributed by atoms with Crippen molar-refractivity contribution in [2.45, 2.75) is 32.7 Å². The third kappa shape index (κ3) is 3.61. The van der Waals surface area contributed by atoms with Crippen LogP contribution in [0.1, 0.15) is 36.7 Å². The van der Waals surface area contributed by atoms with E-state index in [9.17, 15) is 0 Å². The van der Waals surface area contributed by atoms with Crippen molar-refractivity contribution in [2.24, 2.45) is 0 Å². The van der Waals surface area contributed by atoms with Gasteiger partial charge < -0.3 is 5.32 Å². The first kappa shape index (κ1) is 13.7. The first-order chi connectivity index (χ1) is 9.20. The Bertz CT molecular complexity index is 501. The summed E-state index contributed by atoms with van der Waals surface area (Å²) in [6.07, 6.45) is 0.841. The molecule has 0 amide bonds. The van der Waals surface area contributed by atoms with Gasteiger partial charge in [-0.1, -0.05) is 38.1 Å². The number of nitrogens with zero attached hydrogens (tertiary/aromatic N) is 4. The molecule has 5 heteroatoms. The average Bonchev–Trinajstić information content (AvgIpc) is 2.84. The molecule has 0 aliphatic carbocycles. The zero-order valence-electron chi connectivity index (χ0n) is 11.8. The average molecular weight is 259 g/mol. The van der Waals surface area contributed by atoms with Crippen LogP contribution in [0.5, 0.6) is 0 Å². The molecule has 0 aliphatic heterocycles. The van der Waals surface area contributed by atoms with Gasteiger partial charge in [-0.2, -0.15) is 0 Å². The van der Waals surface area contributed by atoms with Gasteiger partial charge in [-0.05, 0) is 34.5 Å². The van der Waals surface area contributed by atoms with Gasteiger partial charge in [-0.25, -0.2) is 4.68 Å². The van der Waals surface area contributed by atoms with Crippen LogP contribution < -0.4 is 5.32 Å².